The Balaban J connectivity index is 2.35. The maximum atomic E-state index is 12.7. The number of thiocarbonyl (C=S) groups is 1. The Morgan fingerprint density at radius 3 is 2.10 bits per heavy atom. The summed E-state index contributed by atoms with van der Waals surface area (Å²) in [6.07, 6.45) is 3.12. The van der Waals surface area contributed by atoms with E-state index in [0.717, 1.165) is 37.2 Å². The first-order valence-corrected chi connectivity index (χ1v) is 17.1. The Kier molecular flexibility index (Phi) is 22.1. The van der Waals surface area contributed by atoms with Crippen LogP contribution in [0, 0.1) is 0 Å². The van der Waals surface area contributed by atoms with Gasteiger partial charge >= 0.3 is 23.9 Å². The van der Waals surface area contributed by atoms with Gasteiger partial charge in [-0.1, -0.05) is 25.5 Å². The highest BCUT2D eigenvalue weighted by atomic mass is 32.1. The van der Waals surface area contributed by atoms with Crippen molar-refractivity contribution in [1.82, 2.24) is 31.9 Å². The van der Waals surface area contributed by atoms with Gasteiger partial charge in [0.2, 0.25) is 11.8 Å². The monoisotopic (exact) mass is 724 g/mol. The normalized spacial score (nSPS) is 12.4. The van der Waals surface area contributed by atoms with Gasteiger partial charge < -0.3 is 58.3 Å². The van der Waals surface area contributed by atoms with E-state index in [2.05, 4.69) is 31.9 Å². The van der Waals surface area contributed by atoms with Crippen LogP contribution in [-0.4, -0.2) is 107 Å². The van der Waals surface area contributed by atoms with Crippen LogP contribution in [0.1, 0.15) is 70.3 Å². The predicted molar refractivity (Wildman–Crippen MR) is 191 cm³/mol. The van der Waals surface area contributed by atoms with Gasteiger partial charge in [-0.3, -0.25) is 19.2 Å². The van der Waals surface area contributed by atoms with Gasteiger partial charge in [-0.15, -0.1) is 0 Å². The van der Waals surface area contributed by atoms with Crippen LogP contribution in [0.3, 0.4) is 0 Å². The van der Waals surface area contributed by atoms with Crippen LogP contribution in [-0.2, 0) is 30.4 Å². The topological polar surface area (TPSA) is 273 Å². The first-order valence-electron chi connectivity index (χ1n) is 16.7. The molecule has 1 rings (SSSR count). The van der Waals surface area contributed by atoms with E-state index in [-0.39, 0.29) is 44.2 Å². The van der Waals surface area contributed by atoms with Crippen molar-refractivity contribution in [3.05, 3.63) is 29.8 Å². The Morgan fingerprint density at radius 1 is 0.780 bits per heavy atom. The summed E-state index contributed by atoms with van der Waals surface area (Å²) in [7, 11) is 0. The van der Waals surface area contributed by atoms with Gasteiger partial charge in [-0.25, -0.2) is 9.59 Å². The number of rotatable bonds is 26. The van der Waals surface area contributed by atoms with Gasteiger partial charge in [0.1, 0.15) is 18.6 Å². The summed E-state index contributed by atoms with van der Waals surface area (Å²) in [4.78, 5) is 69.9. The molecule has 0 spiro atoms. The number of hydrogen-bond donors (Lipinski definition) is 11. The molecule has 1 aromatic carbocycles. The molecule has 4 amide bonds. The van der Waals surface area contributed by atoms with Crippen molar-refractivity contribution in [1.29, 1.82) is 0 Å². The highest BCUT2D eigenvalue weighted by molar-refractivity contribution is 7.80. The molecule has 1 unspecified atom stereocenters. The van der Waals surface area contributed by atoms with E-state index >= 15 is 0 Å². The molecule has 17 nitrogen and oxygen atoms in total. The summed E-state index contributed by atoms with van der Waals surface area (Å²) in [5.74, 6) is -4.65. The summed E-state index contributed by atoms with van der Waals surface area (Å²) >= 11 is 5.37. The van der Waals surface area contributed by atoms with Gasteiger partial charge in [0.25, 0.3) is 0 Å². The van der Waals surface area contributed by atoms with Crippen molar-refractivity contribution in [3.8, 4) is 0 Å². The lowest BCUT2D eigenvalue weighted by Crippen LogP contribution is -2.47. The highest BCUT2D eigenvalue weighted by Gasteiger charge is 2.22. The Labute approximate surface area is 297 Å². The first kappa shape index (κ1) is 43.5. The molecule has 0 aliphatic rings. The number of anilines is 1. The number of carbonyl (C=O) groups is 6. The van der Waals surface area contributed by atoms with Crippen molar-refractivity contribution in [2.75, 3.05) is 38.0 Å². The van der Waals surface area contributed by atoms with Crippen LogP contribution in [0.2, 0.25) is 0 Å². The lowest BCUT2D eigenvalue weighted by Gasteiger charge is -2.18. The average molecular weight is 725 g/mol. The number of hydrogen-bond acceptors (Lipinski definition) is 9. The van der Waals surface area contributed by atoms with Crippen molar-refractivity contribution >= 4 is 58.8 Å². The third kappa shape index (κ3) is 21.4. The fourth-order valence-corrected chi connectivity index (χ4v) is 4.85. The Morgan fingerprint density at radius 2 is 1.46 bits per heavy atom. The fourth-order valence-electron chi connectivity index (χ4n) is 4.63. The van der Waals surface area contributed by atoms with E-state index < -0.39 is 48.5 Å². The zero-order chi connectivity index (χ0) is 37.3. The van der Waals surface area contributed by atoms with Gasteiger partial charge in [0.05, 0.1) is 0 Å². The standard InChI is InChI=1S/C32H52N8O9S/c1-2-34-19-22(33)18-21-10-12-23(13-11-21)38-32(50)36-17-6-3-4-9-26(41)39-24(14-15-27(42)43)29(46)35-16-7-5-8-25(30(47)48)40-31(49)37-20-28(44)45/h10-13,22,24-25,34H,2-9,14-20,33H2,1H3,(H,35,46)(H,39,41)(H,42,43)(H,44,45)(H,47,48)(H2,36,38,50)(H2,37,40,49)/t22?,24-,25-/m0/s1. The lowest BCUT2D eigenvalue weighted by molar-refractivity contribution is -0.140. The summed E-state index contributed by atoms with van der Waals surface area (Å²) in [6.45, 7) is 3.72. The molecule has 0 fully saturated rings. The van der Waals surface area contributed by atoms with Crippen LogP contribution in [0.5, 0.6) is 0 Å². The molecule has 0 heterocycles. The van der Waals surface area contributed by atoms with E-state index in [1.807, 2.05) is 36.5 Å². The van der Waals surface area contributed by atoms with Crippen molar-refractivity contribution in [2.45, 2.75) is 89.3 Å². The predicted octanol–water partition coefficient (Wildman–Crippen LogP) is 0.486. The number of urea groups is 1. The van der Waals surface area contributed by atoms with E-state index in [4.69, 9.17) is 28.2 Å². The van der Waals surface area contributed by atoms with E-state index in [9.17, 15) is 33.9 Å². The summed E-state index contributed by atoms with van der Waals surface area (Å²) in [6, 6.07) is 4.69. The summed E-state index contributed by atoms with van der Waals surface area (Å²) in [5.41, 5.74) is 8.12. The van der Waals surface area contributed by atoms with Gasteiger partial charge in [0, 0.05) is 44.2 Å². The molecule has 0 aliphatic heterocycles. The second-order valence-electron chi connectivity index (χ2n) is 11.6. The number of amides is 4. The largest absolute Gasteiger partial charge is 0.481 e. The molecule has 280 valence electrons. The zero-order valence-electron chi connectivity index (χ0n) is 28.4. The average Bonchev–Trinajstić information content (AvgIpc) is 3.06. The number of unbranched alkanes of at least 4 members (excludes halogenated alkanes) is 3. The maximum absolute atomic E-state index is 12.7. The smallest absolute Gasteiger partial charge is 0.326 e. The molecule has 1 aromatic rings. The molecule has 0 radical (unpaired) electrons. The number of carboxylic acid groups (broad SMARTS) is 3. The molecular formula is C32H52N8O9S. The number of carboxylic acids is 3. The molecule has 0 aliphatic carbocycles. The summed E-state index contributed by atoms with van der Waals surface area (Å²) in [5, 5.41) is 46.4. The van der Waals surface area contributed by atoms with Crippen molar-refractivity contribution in [3.63, 3.8) is 0 Å². The molecule has 0 saturated carbocycles. The zero-order valence-corrected chi connectivity index (χ0v) is 29.2. The minimum absolute atomic E-state index is 0.0180. The lowest BCUT2D eigenvalue weighted by atomic mass is 10.1. The third-order valence-electron chi connectivity index (χ3n) is 7.25. The Hall–Kier alpha value is -4.55. The van der Waals surface area contributed by atoms with Gasteiger partial charge in [-0.2, -0.15) is 0 Å². The second kappa shape index (κ2) is 25.4. The second-order valence-corrected chi connectivity index (χ2v) is 12.0. The number of aliphatic carboxylic acids is 3. The van der Waals surface area contributed by atoms with Crippen LogP contribution in [0.4, 0.5) is 10.5 Å². The van der Waals surface area contributed by atoms with E-state index in [0.29, 0.717) is 37.3 Å². The molecular weight excluding hydrogens is 672 g/mol. The molecule has 0 saturated heterocycles. The first-order chi connectivity index (χ1) is 23.8. The van der Waals surface area contributed by atoms with Crippen molar-refractivity contribution < 1.29 is 44.1 Å². The number of likely N-dealkylation sites (N-methyl/N-ethyl adjacent to an activating group) is 1. The molecule has 0 bridgehead atoms. The van der Waals surface area contributed by atoms with E-state index in [1.165, 1.54) is 0 Å². The SMILES string of the molecule is CCNCC(N)Cc1ccc(NC(=S)NCCCCCC(=O)N[C@@H](CCC(=O)O)C(=O)NCCCC[C@H](NC(=O)NCC(=O)O)C(=O)O)cc1. The highest BCUT2D eigenvalue weighted by Crippen LogP contribution is 2.11. The molecule has 12 N–H and O–H groups in total. The van der Waals surface area contributed by atoms with Crippen LogP contribution in [0.15, 0.2) is 24.3 Å². The molecule has 0 aromatic heterocycles. The number of benzene rings is 1. The number of nitrogens with two attached hydrogens (primary N) is 1. The summed E-state index contributed by atoms with van der Waals surface area (Å²) < 4.78 is 0. The number of carbonyl (C=O) groups excluding carboxylic acids is 3. The minimum Gasteiger partial charge on any atom is -0.481 e. The molecule has 3 atom stereocenters. The van der Waals surface area contributed by atoms with Crippen LogP contribution >= 0.6 is 12.2 Å². The Bertz CT molecular complexity index is 1250. The third-order valence-corrected chi connectivity index (χ3v) is 7.50. The minimum atomic E-state index is -1.30. The van der Waals surface area contributed by atoms with Crippen LogP contribution < -0.4 is 43.0 Å². The maximum Gasteiger partial charge on any atom is 0.326 e. The van der Waals surface area contributed by atoms with Gasteiger partial charge in [-0.05, 0) is 81.4 Å². The van der Waals surface area contributed by atoms with Crippen molar-refractivity contribution in [2.24, 2.45) is 5.73 Å². The molecule has 50 heavy (non-hydrogen) atoms. The quantitative estimate of drug-likeness (QED) is 0.0459. The van der Waals surface area contributed by atoms with E-state index in [1.54, 1.807) is 0 Å². The van der Waals surface area contributed by atoms with Gasteiger partial charge in [0.15, 0.2) is 5.11 Å². The number of nitrogens with one attached hydrogen (secondary N) is 7. The molecule has 18 heteroatoms. The fraction of sp³-hybridized carbons (Fsp3) is 0.594. The van der Waals surface area contributed by atoms with Crippen LogP contribution in [0.25, 0.3) is 0 Å².